The van der Waals surface area contributed by atoms with Crippen molar-refractivity contribution in [2.24, 2.45) is 0 Å². The van der Waals surface area contributed by atoms with Crippen molar-refractivity contribution in [2.45, 2.75) is 32.2 Å². The third-order valence-electron chi connectivity index (χ3n) is 6.92. The number of rotatable bonds is 8. The molecule has 1 aliphatic heterocycles. The van der Waals surface area contributed by atoms with Crippen molar-refractivity contribution in [2.75, 3.05) is 44.7 Å². The van der Waals surface area contributed by atoms with Crippen LogP contribution in [-0.4, -0.2) is 63.4 Å². The number of aryl methyl sites for hydroxylation is 3. The molecule has 1 saturated heterocycles. The Kier molecular flexibility index (Phi) is 9.11. The first-order chi connectivity index (χ1) is 18.5. The number of piperazine rings is 1. The third kappa shape index (κ3) is 6.52. The van der Waals surface area contributed by atoms with Gasteiger partial charge in [0.15, 0.2) is 0 Å². The molecule has 1 aliphatic rings. The van der Waals surface area contributed by atoms with Crippen LogP contribution in [0.25, 0.3) is 0 Å². The summed E-state index contributed by atoms with van der Waals surface area (Å²) in [4.78, 5) is 17.6. The lowest BCUT2D eigenvalue weighted by Gasteiger charge is -2.37. The first-order valence-electron chi connectivity index (χ1n) is 12.7. The van der Waals surface area contributed by atoms with Crippen LogP contribution < -0.4 is 9.64 Å². The van der Waals surface area contributed by atoms with Crippen molar-refractivity contribution in [3.63, 3.8) is 0 Å². The lowest BCUT2D eigenvalue weighted by molar-refractivity contribution is -0.131. The summed E-state index contributed by atoms with van der Waals surface area (Å²) in [6.45, 7) is 7.36. The van der Waals surface area contributed by atoms with E-state index < -0.39 is 10.0 Å². The van der Waals surface area contributed by atoms with Gasteiger partial charge in [0.05, 0.1) is 34.3 Å². The van der Waals surface area contributed by atoms with Gasteiger partial charge in [0.25, 0.3) is 0 Å². The van der Waals surface area contributed by atoms with E-state index >= 15 is 0 Å². The molecule has 3 aromatic carbocycles. The van der Waals surface area contributed by atoms with Crippen molar-refractivity contribution >= 4 is 44.8 Å². The Labute approximate surface area is 240 Å². The third-order valence-corrected chi connectivity index (χ3v) is 9.75. The number of hydrogen-bond donors (Lipinski definition) is 0. The molecule has 0 unspecified atom stereocenters. The van der Waals surface area contributed by atoms with Gasteiger partial charge in [-0.2, -0.15) is 4.31 Å². The van der Waals surface area contributed by atoms with Crippen molar-refractivity contribution < 1.29 is 17.9 Å². The van der Waals surface area contributed by atoms with E-state index in [-0.39, 0.29) is 23.9 Å². The van der Waals surface area contributed by atoms with Gasteiger partial charge in [-0.25, -0.2) is 8.42 Å². The number of ether oxygens (including phenoxy) is 1. The zero-order valence-corrected chi connectivity index (χ0v) is 24.9. The maximum absolute atomic E-state index is 14.0. The number of anilines is 1. The highest BCUT2D eigenvalue weighted by Gasteiger charge is 2.32. The number of carbonyl (C=O) groups is 1. The second kappa shape index (κ2) is 12.2. The number of methoxy groups -OCH3 is 1. The minimum atomic E-state index is -4.01. The monoisotopic (exact) mass is 589 g/mol. The van der Waals surface area contributed by atoms with Crippen LogP contribution in [0, 0.1) is 20.8 Å². The molecular weight excluding hydrogens is 557 g/mol. The highest BCUT2D eigenvalue weighted by molar-refractivity contribution is 7.89. The van der Waals surface area contributed by atoms with Gasteiger partial charge in [-0.15, -0.1) is 0 Å². The molecule has 4 rings (SSSR count). The smallest absolute Gasteiger partial charge is 0.244 e. The number of para-hydroxylation sites is 2. The highest BCUT2D eigenvalue weighted by Crippen LogP contribution is 2.30. The lowest BCUT2D eigenvalue weighted by atomic mass is 10.1. The van der Waals surface area contributed by atoms with Gasteiger partial charge >= 0.3 is 0 Å². The van der Waals surface area contributed by atoms with Crippen LogP contribution in [0.1, 0.15) is 22.3 Å². The summed E-state index contributed by atoms with van der Waals surface area (Å²) < 4.78 is 34.8. The average molecular weight is 591 g/mol. The molecule has 39 heavy (non-hydrogen) atoms. The predicted molar refractivity (Wildman–Crippen MR) is 156 cm³/mol. The number of carbonyl (C=O) groups excluding carboxylic acids is 1. The molecule has 3 aromatic rings. The number of benzene rings is 3. The summed E-state index contributed by atoms with van der Waals surface area (Å²) in [6, 6.07) is 16.5. The standard InChI is InChI=1S/C29H33Cl2N3O4S/c1-20-15-21(2)29(22(3)16-20)39(36,37)34(18-23-9-10-24(30)25(31)17-23)19-28(35)33-13-11-32(12-14-33)26-7-5-6-8-27(26)38-4/h5-10,15-17H,11-14,18-19H2,1-4H3. The second-order valence-electron chi connectivity index (χ2n) is 9.79. The molecule has 1 heterocycles. The molecule has 0 aliphatic carbocycles. The Bertz CT molecular complexity index is 1450. The summed E-state index contributed by atoms with van der Waals surface area (Å²) in [5.74, 6) is 0.528. The number of nitrogens with zero attached hydrogens (tertiary/aromatic N) is 3. The van der Waals surface area contributed by atoms with E-state index in [4.69, 9.17) is 27.9 Å². The van der Waals surface area contributed by atoms with E-state index in [2.05, 4.69) is 4.90 Å². The molecule has 0 saturated carbocycles. The van der Waals surface area contributed by atoms with Crippen LogP contribution in [0.15, 0.2) is 59.5 Å². The van der Waals surface area contributed by atoms with E-state index in [0.717, 1.165) is 17.0 Å². The first kappa shape index (κ1) is 29.2. The van der Waals surface area contributed by atoms with Crippen molar-refractivity contribution in [1.29, 1.82) is 0 Å². The van der Waals surface area contributed by atoms with Gasteiger partial charge < -0.3 is 14.5 Å². The van der Waals surface area contributed by atoms with Gasteiger partial charge in [0.1, 0.15) is 5.75 Å². The van der Waals surface area contributed by atoms with E-state index in [1.54, 1.807) is 44.1 Å². The van der Waals surface area contributed by atoms with Crippen LogP contribution in [0.5, 0.6) is 5.75 Å². The summed E-state index contributed by atoms with van der Waals surface area (Å²) in [5, 5.41) is 0.706. The Hall–Kier alpha value is -2.78. The average Bonchev–Trinajstić information content (AvgIpc) is 2.89. The molecule has 0 atom stereocenters. The molecule has 10 heteroatoms. The maximum atomic E-state index is 14.0. The summed E-state index contributed by atoms with van der Waals surface area (Å²) in [5.41, 5.74) is 3.88. The number of sulfonamides is 1. The summed E-state index contributed by atoms with van der Waals surface area (Å²) in [7, 11) is -2.38. The molecule has 0 bridgehead atoms. The van der Waals surface area contributed by atoms with Crippen LogP contribution in [0.4, 0.5) is 5.69 Å². The fourth-order valence-electron chi connectivity index (χ4n) is 5.11. The molecule has 1 fully saturated rings. The van der Waals surface area contributed by atoms with Crippen LogP contribution in [-0.2, 0) is 21.4 Å². The molecule has 0 radical (unpaired) electrons. The fraction of sp³-hybridized carbons (Fsp3) is 0.345. The molecule has 7 nitrogen and oxygen atoms in total. The van der Waals surface area contributed by atoms with Crippen molar-refractivity contribution in [3.8, 4) is 5.75 Å². The van der Waals surface area contributed by atoms with Gasteiger partial charge in [0.2, 0.25) is 15.9 Å². The van der Waals surface area contributed by atoms with Crippen molar-refractivity contribution in [3.05, 3.63) is 86.9 Å². The Balaban J connectivity index is 1.58. The van der Waals surface area contributed by atoms with E-state index in [0.29, 0.717) is 52.9 Å². The molecule has 208 valence electrons. The fourth-order valence-corrected chi connectivity index (χ4v) is 7.22. The van der Waals surface area contributed by atoms with Gasteiger partial charge in [-0.3, -0.25) is 4.79 Å². The number of hydrogen-bond acceptors (Lipinski definition) is 5. The number of amides is 1. The minimum Gasteiger partial charge on any atom is -0.495 e. The molecular formula is C29H33Cl2N3O4S. The van der Waals surface area contributed by atoms with Gasteiger partial charge in [-0.1, -0.05) is 59.1 Å². The highest BCUT2D eigenvalue weighted by atomic mass is 35.5. The molecule has 0 aromatic heterocycles. The zero-order chi connectivity index (χ0) is 28.3. The topological polar surface area (TPSA) is 70.2 Å². The largest absolute Gasteiger partial charge is 0.495 e. The van der Waals surface area contributed by atoms with E-state index in [9.17, 15) is 13.2 Å². The number of halogens is 2. The van der Waals surface area contributed by atoms with Gasteiger partial charge in [-0.05, 0) is 61.7 Å². The van der Waals surface area contributed by atoms with E-state index in [1.807, 2.05) is 43.3 Å². The molecule has 0 spiro atoms. The first-order valence-corrected chi connectivity index (χ1v) is 14.9. The SMILES string of the molecule is COc1ccccc1N1CCN(C(=O)CN(Cc2ccc(Cl)c(Cl)c2)S(=O)(=O)c2c(C)cc(C)cc2C)CC1. The Morgan fingerprint density at radius 3 is 2.18 bits per heavy atom. The van der Waals surface area contributed by atoms with Crippen LogP contribution in [0.3, 0.4) is 0 Å². The van der Waals surface area contributed by atoms with Crippen LogP contribution in [0.2, 0.25) is 10.0 Å². The summed E-state index contributed by atoms with van der Waals surface area (Å²) in [6.07, 6.45) is 0. The van der Waals surface area contributed by atoms with Crippen LogP contribution >= 0.6 is 23.2 Å². The Morgan fingerprint density at radius 1 is 0.923 bits per heavy atom. The second-order valence-corrected chi connectivity index (χ2v) is 12.5. The maximum Gasteiger partial charge on any atom is 0.244 e. The molecule has 1 amide bonds. The normalized spacial score (nSPS) is 14.1. The molecule has 0 N–H and O–H groups in total. The minimum absolute atomic E-state index is 0.0150. The Morgan fingerprint density at radius 2 is 1.56 bits per heavy atom. The van der Waals surface area contributed by atoms with E-state index in [1.165, 1.54) is 4.31 Å². The quantitative estimate of drug-likeness (QED) is 0.348. The zero-order valence-electron chi connectivity index (χ0n) is 22.6. The van der Waals surface area contributed by atoms with Crippen molar-refractivity contribution in [1.82, 2.24) is 9.21 Å². The predicted octanol–water partition coefficient (Wildman–Crippen LogP) is 5.47. The lowest BCUT2D eigenvalue weighted by Crippen LogP contribution is -2.51. The van der Waals surface area contributed by atoms with Gasteiger partial charge in [0, 0.05) is 32.7 Å². The summed E-state index contributed by atoms with van der Waals surface area (Å²) >= 11 is 12.3.